The Morgan fingerprint density at radius 2 is 1.66 bits per heavy atom. The van der Waals surface area contributed by atoms with E-state index in [-0.39, 0.29) is 0 Å². The third-order valence-corrected chi connectivity index (χ3v) is 8.02. The summed E-state index contributed by atoms with van der Waals surface area (Å²) in [7, 11) is 0. The molecule has 0 bridgehead atoms. The normalized spacial score (nSPS) is 24.3. The van der Waals surface area contributed by atoms with Crippen molar-refractivity contribution in [3.63, 3.8) is 0 Å². The van der Waals surface area contributed by atoms with Gasteiger partial charge in [0.1, 0.15) is 18.8 Å². The molecule has 3 aromatic rings. The third-order valence-electron chi connectivity index (χ3n) is 6.35. The monoisotopic (exact) mass is 655 g/mol. The van der Waals surface area contributed by atoms with Gasteiger partial charge in [0.2, 0.25) is 0 Å². The van der Waals surface area contributed by atoms with Crippen LogP contribution in [0.15, 0.2) is 40.3 Å². The maximum absolute atomic E-state index is 12.6. The lowest BCUT2D eigenvalue weighted by atomic mass is 9.97. The molecule has 3 heterocycles. The minimum absolute atomic E-state index is 0.464. The molecule has 13 heteroatoms. The van der Waals surface area contributed by atoms with Gasteiger partial charge in [-0.05, 0) is 46.6 Å². The van der Waals surface area contributed by atoms with Crippen molar-refractivity contribution in [3.05, 3.63) is 56.3 Å². The number of carbonyl (C=O) groups excluding carboxylic acids is 4. The number of fused-ring (bicyclic) bond motifs is 1. The van der Waals surface area contributed by atoms with Crippen LogP contribution in [-0.4, -0.2) is 64.6 Å². The zero-order chi connectivity index (χ0) is 32.8. The standard InChI is InChI=1S/C28H30BrNO10S/c1-13-7-6-8-19-23(13)18(24(35)21-9-10-22(29)41-21)11-30(19)28-27(39-17(5)34)26(38-16(4)33)25(37-15(3)32)20(40-28)12-36-14(2)31/h6-11,20,24-28,35H,12H2,1-5H3/t20-,24?,25-,26+,27-,28?/m1/s1/i2D,3D,4D,5D. The molecule has 1 aliphatic rings. The molecule has 11 nitrogen and oxygen atoms in total. The molecule has 2 unspecified atom stereocenters. The molecule has 0 spiro atoms. The summed E-state index contributed by atoms with van der Waals surface area (Å²) in [5.41, 5.74) is 1.75. The van der Waals surface area contributed by atoms with Gasteiger partial charge in [-0.15, -0.1) is 11.3 Å². The highest BCUT2D eigenvalue weighted by molar-refractivity contribution is 9.11. The number of hydrogen-bond donors (Lipinski definition) is 1. The smallest absolute Gasteiger partial charge is 0.303 e. The number of hydrogen-bond acceptors (Lipinski definition) is 11. The summed E-state index contributed by atoms with van der Waals surface area (Å²) >= 11 is 4.73. The first kappa shape index (κ1) is 25.5. The molecule has 2 aromatic heterocycles. The maximum atomic E-state index is 12.6. The van der Waals surface area contributed by atoms with Crippen LogP contribution in [0, 0.1) is 6.92 Å². The Hall–Kier alpha value is -3.26. The van der Waals surface area contributed by atoms with Crippen LogP contribution in [-0.2, 0) is 42.9 Å². The molecule has 1 fully saturated rings. The third kappa shape index (κ3) is 6.80. The number of benzene rings is 1. The number of ether oxygens (including phenoxy) is 5. The summed E-state index contributed by atoms with van der Waals surface area (Å²) in [4.78, 5) is 50.0. The lowest BCUT2D eigenvalue weighted by Gasteiger charge is -2.44. The van der Waals surface area contributed by atoms with Crippen LogP contribution in [0.3, 0.4) is 0 Å². The van der Waals surface area contributed by atoms with Crippen molar-refractivity contribution in [2.24, 2.45) is 0 Å². The predicted octanol–water partition coefficient (Wildman–Crippen LogP) is 4.11. The van der Waals surface area contributed by atoms with E-state index in [1.54, 1.807) is 30.5 Å². The molecule has 0 saturated carbocycles. The Bertz CT molecular complexity index is 1550. The zero-order valence-corrected chi connectivity index (χ0v) is 24.2. The van der Waals surface area contributed by atoms with E-state index in [1.165, 1.54) is 15.9 Å². The average Bonchev–Trinajstić information content (AvgIpc) is 3.65. The summed E-state index contributed by atoms with van der Waals surface area (Å²) < 4.78 is 60.0. The molecule has 41 heavy (non-hydrogen) atoms. The van der Waals surface area contributed by atoms with Crippen molar-refractivity contribution in [2.75, 3.05) is 6.61 Å². The highest BCUT2D eigenvalue weighted by Gasteiger charge is 2.53. The summed E-state index contributed by atoms with van der Waals surface area (Å²) in [6.07, 6.45) is -7.09. The van der Waals surface area contributed by atoms with Crippen molar-refractivity contribution in [2.45, 2.75) is 71.3 Å². The molecule has 0 amide bonds. The predicted molar refractivity (Wildman–Crippen MR) is 150 cm³/mol. The number of rotatable bonds is 8. The fraction of sp³-hybridized carbons (Fsp3) is 0.429. The number of thiophene rings is 1. The van der Waals surface area contributed by atoms with Crippen LogP contribution in [0.5, 0.6) is 0 Å². The maximum Gasteiger partial charge on any atom is 0.303 e. The minimum Gasteiger partial charge on any atom is -0.463 e. The molecule has 1 N–H and O–H groups in total. The van der Waals surface area contributed by atoms with E-state index in [0.717, 1.165) is 9.35 Å². The van der Waals surface area contributed by atoms with Gasteiger partial charge < -0.3 is 33.4 Å². The first-order valence-electron chi connectivity index (χ1n) is 15.0. The van der Waals surface area contributed by atoms with E-state index in [2.05, 4.69) is 15.9 Å². The van der Waals surface area contributed by atoms with Crippen LogP contribution in [0.4, 0.5) is 0 Å². The van der Waals surface area contributed by atoms with Gasteiger partial charge in [0.15, 0.2) is 24.5 Å². The Morgan fingerprint density at radius 3 is 2.29 bits per heavy atom. The molecule has 1 aliphatic heterocycles. The largest absolute Gasteiger partial charge is 0.463 e. The molecule has 4 rings (SSSR count). The molecule has 1 saturated heterocycles. The number of aliphatic hydroxyl groups excluding tert-OH is 1. The number of halogens is 1. The number of aromatic nitrogens is 1. The quantitative estimate of drug-likeness (QED) is 0.278. The molecule has 6 atom stereocenters. The first-order valence-corrected chi connectivity index (χ1v) is 13.7. The molecular weight excluding hydrogens is 622 g/mol. The van der Waals surface area contributed by atoms with Crippen molar-refractivity contribution in [3.8, 4) is 0 Å². The Morgan fingerprint density at radius 1 is 1.00 bits per heavy atom. The van der Waals surface area contributed by atoms with Gasteiger partial charge in [-0.25, -0.2) is 0 Å². The van der Waals surface area contributed by atoms with Crippen LogP contribution in [0.1, 0.15) is 61.4 Å². The van der Waals surface area contributed by atoms with Gasteiger partial charge in [-0.2, -0.15) is 0 Å². The van der Waals surface area contributed by atoms with Crippen LogP contribution >= 0.6 is 27.3 Å². The van der Waals surface area contributed by atoms with E-state index in [0.29, 0.717) is 21.3 Å². The van der Waals surface area contributed by atoms with E-state index in [1.807, 2.05) is 13.0 Å². The van der Waals surface area contributed by atoms with Crippen LogP contribution in [0.2, 0.25) is 0 Å². The van der Waals surface area contributed by atoms with E-state index in [9.17, 15) is 24.3 Å². The van der Waals surface area contributed by atoms with E-state index >= 15 is 0 Å². The van der Waals surface area contributed by atoms with E-state index in [4.69, 9.17) is 29.2 Å². The fourth-order valence-electron chi connectivity index (χ4n) is 4.86. The van der Waals surface area contributed by atoms with Gasteiger partial charge in [-0.1, -0.05) is 12.1 Å². The summed E-state index contributed by atoms with van der Waals surface area (Å²) in [6, 6.07) is 8.87. The number of esters is 4. The molecule has 220 valence electrons. The molecule has 0 aliphatic carbocycles. The second-order valence-electron chi connectivity index (χ2n) is 9.12. The highest BCUT2D eigenvalue weighted by Crippen LogP contribution is 2.41. The van der Waals surface area contributed by atoms with Gasteiger partial charge >= 0.3 is 23.9 Å². The first-order chi connectivity index (χ1) is 21.5. The summed E-state index contributed by atoms with van der Waals surface area (Å²) in [5, 5.41) is 12.1. The highest BCUT2D eigenvalue weighted by atomic mass is 79.9. The van der Waals surface area contributed by atoms with Crippen molar-refractivity contribution in [1.29, 1.82) is 0 Å². The van der Waals surface area contributed by atoms with Crippen LogP contribution in [0.25, 0.3) is 10.9 Å². The number of nitrogens with zero attached hydrogens (tertiary/aromatic N) is 1. The lowest BCUT2D eigenvalue weighted by molar-refractivity contribution is -0.267. The molecule has 0 radical (unpaired) electrons. The molecular formula is C28H30BrNO10S. The van der Waals surface area contributed by atoms with Gasteiger partial charge in [0.05, 0.1) is 9.30 Å². The second kappa shape index (κ2) is 12.7. The lowest BCUT2D eigenvalue weighted by Crippen LogP contribution is -2.60. The molecule has 1 aromatic carbocycles. The summed E-state index contributed by atoms with van der Waals surface area (Å²) in [6.45, 7) is -1.99. The number of carbonyl (C=O) groups is 4. The second-order valence-corrected chi connectivity index (χ2v) is 11.6. The summed E-state index contributed by atoms with van der Waals surface area (Å²) in [5.74, 6) is -4.11. The van der Waals surface area contributed by atoms with Gasteiger partial charge in [0, 0.05) is 55.1 Å². The SMILES string of the molecule is [2H]CC(=O)OC[C@H]1OC(n2cc(C(O)c3ccc(Br)s3)c3c(C)cccc32)[C@H](OC(=O)C[2H])[C@@H](OC(=O)C[2H])[C@@H]1OC(=O)C[2H]. The van der Waals surface area contributed by atoms with Crippen molar-refractivity contribution < 1.29 is 53.5 Å². The van der Waals surface area contributed by atoms with Crippen LogP contribution < -0.4 is 0 Å². The zero-order valence-electron chi connectivity index (χ0n) is 25.8. The average molecular weight is 657 g/mol. The Kier molecular flexibility index (Phi) is 7.90. The van der Waals surface area contributed by atoms with E-state index < -0.39 is 94.8 Å². The number of aliphatic hydroxyl groups is 1. The fourth-order valence-corrected chi connectivity index (χ4v) is 6.29. The Balaban J connectivity index is 1.92. The van der Waals surface area contributed by atoms with Crippen molar-refractivity contribution >= 4 is 62.0 Å². The van der Waals surface area contributed by atoms with Crippen molar-refractivity contribution in [1.82, 2.24) is 4.57 Å². The van der Waals surface area contributed by atoms with Gasteiger partial charge in [0.25, 0.3) is 0 Å². The van der Waals surface area contributed by atoms with Gasteiger partial charge in [-0.3, -0.25) is 19.2 Å². The Labute approximate surface area is 254 Å². The minimum atomic E-state index is -1.64. The number of aryl methyl sites for hydroxylation is 1. The topological polar surface area (TPSA) is 140 Å².